The van der Waals surface area contributed by atoms with Gasteiger partial charge < -0.3 is 9.47 Å². The fourth-order valence-electron chi connectivity index (χ4n) is 3.36. The molecule has 0 bridgehead atoms. The normalized spacial score (nSPS) is 32.4. The molecule has 0 amide bonds. The first-order valence-electron chi connectivity index (χ1n) is 7.68. The molecule has 19 heavy (non-hydrogen) atoms. The van der Waals surface area contributed by atoms with Crippen LogP contribution in [0.4, 0.5) is 0 Å². The summed E-state index contributed by atoms with van der Waals surface area (Å²) < 4.78 is 6.28. The molecule has 0 N–H and O–H groups in total. The number of rotatable bonds is 5. The van der Waals surface area contributed by atoms with Gasteiger partial charge in [0.25, 0.3) is 0 Å². The van der Waals surface area contributed by atoms with Gasteiger partial charge in [-0.05, 0) is 39.1 Å². The van der Waals surface area contributed by atoms with E-state index in [9.17, 15) is 0 Å². The van der Waals surface area contributed by atoms with Gasteiger partial charge in [0.05, 0.1) is 5.60 Å². The largest absolute Gasteiger partial charge is 0.411 e. The molecule has 0 aliphatic carbocycles. The molecule has 2 heterocycles. The minimum atomic E-state index is -0.0747. The van der Waals surface area contributed by atoms with Crippen LogP contribution in [0.5, 0.6) is 0 Å². The van der Waals surface area contributed by atoms with Crippen molar-refractivity contribution < 1.29 is 4.65 Å². The fraction of sp³-hybridized carbons (Fsp3) is 0.625. The van der Waals surface area contributed by atoms with E-state index in [0.717, 1.165) is 12.8 Å². The van der Waals surface area contributed by atoms with Gasteiger partial charge in [-0.25, -0.2) is 0 Å². The van der Waals surface area contributed by atoms with E-state index in [2.05, 4.69) is 61.9 Å². The maximum atomic E-state index is 6.28. The predicted molar refractivity (Wildman–Crippen MR) is 83.2 cm³/mol. The van der Waals surface area contributed by atoms with Gasteiger partial charge in [-0.2, -0.15) is 0 Å². The average Bonchev–Trinajstić information content (AvgIpc) is 2.99. The summed E-state index contributed by atoms with van der Waals surface area (Å²) in [6.07, 6.45) is 17.6. The molecule has 2 saturated heterocycles. The number of allylic oxidation sites excluding steroid dienone is 5. The van der Waals surface area contributed by atoms with E-state index in [1.165, 1.54) is 19.4 Å². The summed E-state index contributed by atoms with van der Waals surface area (Å²) in [7, 11) is 0.265. The van der Waals surface area contributed by atoms with Gasteiger partial charge in [-0.1, -0.05) is 50.3 Å². The summed E-state index contributed by atoms with van der Waals surface area (Å²) in [6.45, 7) is 7.76. The standard InChI is InChI=1S/C16H26BNO/c1-4-6-7-8-9-10-13-16(5-2)15-12-11-14-18(15)17(3)19-16/h6-10,13,15H,4-5,11-12,14H2,1-3H3/b7-6-,9-8-,13-10+. The molecule has 3 heteroatoms. The second-order valence-corrected chi connectivity index (χ2v) is 5.50. The van der Waals surface area contributed by atoms with E-state index < -0.39 is 0 Å². The molecule has 0 aromatic carbocycles. The van der Waals surface area contributed by atoms with Crippen molar-refractivity contribution in [2.45, 2.75) is 58.0 Å². The zero-order chi connectivity index (χ0) is 13.7. The van der Waals surface area contributed by atoms with E-state index >= 15 is 0 Å². The molecule has 0 aromatic rings. The molecule has 2 rings (SSSR count). The first-order chi connectivity index (χ1) is 9.23. The van der Waals surface area contributed by atoms with Gasteiger partial charge in [-0.3, -0.25) is 0 Å². The lowest BCUT2D eigenvalue weighted by atomic mass is 9.86. The Morgan fingerprint density at radius 1 is 1.26 bits per heavy atom. The third kappa shape index (κ3) is 3.03. The third-order valence-corrected chi connectivity index (χ3v) is 4.35. The summed E-state index contributed by atoms with van der Waals surface area (Å²) >= 11 is 0. The van der Waals surface area contributed by atoms with Crippen molar-refractivity contribution in [1.82, 2.24) is 4.81 Å². The third-order valence-electron chi connectivity index (χ3n) is 4.35. The van der Waals surface area contributed by atoms with Crippen molar-refractivity contribution >= 4 is 7.05 Å². The zero-order valence-electron chi connectivity index (χ0n) is 12.5. The summed E-state index contributed by atoms with van der Waals surface area (Å²) in [5.74, 6) is 0. The highest BCUT2D eigenvalue weighted by atomic mass is 16.5. The van der Waals surface area contributed by atoms with Crippen molar-refractivity contribution in [3.63, 3.8) is 0 Å². The Morgan fingerprint density at radius 2 is 2.05 bits per heavy atom. The molecule has 0 spiro atoms. The first-order valence-corrected chi connectivity index (χ1v) is 7.68. The van der Waals surface area contributed by atoms with Gasteiger partial charge in [0.1, 0.15) is 0 Å². The van der Waals surface area contributed by atoms with Crippen LogP contribution in [0, 0.1) is 0 Å². The zero-order valence-corrected chi connectivity index (χ0v) is 12.5. The van der Waals surface area contributed by atoms with Crippen LogP contribution in [0.25, 0.3) is 0 Å². The first kappa shape index (κ1) is 14.6. The van der Waals surface area contributed by atoms with Gasteiger partial charge in [0.2, 0.25) is 0 Å². The minimum absolute atomic E-state index is 0.0747. The summed E-state index contributed by atoms with van der Waals surface area (Å²) in [4.78, 5) is 2.52. The molecule has 2 atom stereocenters. The van der Waals surface area contributed by atoms with E-state index in [-0.39, 0.29) is 12.7 Å². The maximum Gasteiger partial charge on any atom is 0.380 e. The quantitative estimate of drug-likeness (QED) is 0.549. The maximum absolute atomic E-state index is 6.28. The van der Waals surface area contributed by atoms with Gasteiger partial charge in [0, 0.05) is 6.04 Å². The van der Waals surface area contributed by atoms with E-state index in [1.807, 2.05) is 0 Å². The molecule has 0 saturated carbocycles. The fourth-order valence-corrected chi connectivity index (χ4v) is 3.36. The van der Waals surface area contributed by atoms with Crippen LogP contribution in [-0.4, -0.2) is 30.0 Å². The molecule has 2 nitrogen and oxygen atoms in total. The summed E-state index contributed by atoms with van der Waals surface area (Å²) in [5.41, 5.74) is -0.0747. The highest BCUT2D eigenvalue weighted by Gasteiger charge is 2.52. The van der Waals surface area contributed by atoms with Crippen LogP contribution in [0.3, 0.4) is 0 Å². The average molecular weight is 259 g/mol. The van der Waals surface area contributed by atoms with E-state index in [4.69, 9.17) is 4.65 Å². The lowest BCUT2D eigenvalue weighted by Crippen LogP contribution is -2.40. The van der Waals surface area contributed by atoms with Crippen LogP contribution in [0.15, 0.2) is 36.5 Å². The topological polar surface area (TPSA) is 12.5 Å². The van der Waals surface area contributed by atoms with Crippen LogP contribution in [0.2, 0.25) is 6.82 Å². The lowest BCUT2D eigenvalue weighted by Gasteiger charge is -2.30. The predicted octanol–water partition coefficient (Wildman–Crippen LogP) is 3.83. The number of hydrogen-bond acceptors (Lipinski definition) is 2. The Balaban J connectivity index is 2.04. The van der Waals surface area contributed by atoms with Crippen LogP contribution < -0.4 is 0 Å². The Kier molecular flexibility index (Phi) is 5.06. The van der Waals surface area contributed by atoms with Crippen LogP contribution in [-0.2, 0) is 4.65 Å². The number of fused-ring (bicyclic) bond motifs is 1. The SMILES string of the molecule is CC\C=C/C=C\C=C\C1(CC)OB(C)N2CCCC21. The van der Waals surface area contributed by atoms with Crippen molar-refractivity contribution in [2.75, 3.05) is 6.54 Å². The monoisotopic (exact) mass is 259 g/mol. The van der Waals surface area contributed by atoms with Crippen molar-refractivity contribution in [3.05, 3.63) is 36.5 Å². The minimum Gasteiger partial charge on any atom is -0.411 e. The molecule has 2 fully saturated rings. The molecule has 104 valence electrons. The van der Waals surface area contributed by atoms with Crippen molar-refractivity contribution in [1.29, 1.82) is 0 Å². The summed E-state index contributed by atoms with van der Waals surface area (Å²) in [5, 5.41) is 0. The number of hydrogen-bond donors (Lipinski definition) is 0. The second-order valence-electron chi connectivity index (χ2n) is 5.50. The number of nitrogens with zero attached hydrogens (tertiary/aromatic N) is 1. The molecule has 2 unspecified atom stereocenters. The van der Waals surface area contributed by atoms with Crippen LogP contribution >= 0.6 is 0 Å². The van der Waals surface area contributed by atoms with Crippen LogP contribution in [0.1, 0.15) is 39.5 Å². The molecule has 2 aliphatic rings. The van der Waals surface area contributed by atoms with Crippen molar-refractivity contribution in [2.24, 2.45) is 0 Å². The van der Waals surface area contributed by atoms with E-state index in [0.29, 0.717) is 6.04 Å². The van der Waals surface area contributed by atoms with Gasteiger partial charge in [0.15, 0.2) is 0 Å². The molecule has 0 aromatic heterocycles. The van der Waals surface area contributed by atoms with Gasteiger partial charge >= 0.3 is 7.05 Å². The van der Waals surface area contributed by atoms with E-state index in [1.54, 1.807) is 0 Å². The summed E-state index contributed by atoms with van der Waals surface area (Å²) in [6, 6.07) is 0.573. The Labute approximate surface area is 118 Å². The second kappa shape index (κ2) is 6.58. The molecular weight excluding hydrogens is 233 g/mol. The Morgan fingerprint density at radius 3 is 2.79 bits per heavy atom. The highest BCUT2D eigenvalue weighted by molar-refractivity contribution is 6.48. The van der Waals surface area contributed by atoms with Crippen molar-refractivity contribution in [3.8, 4) is 0 Å². The van der Waals surface area contributed by atoms with Gasteiger partial charge in [-0.15, -0.1) is 0 Å². The molecule has 0 radical (unpaired) electrons. The highest BCUT2D eigenvalue weighted by Crippen LogP contribution is 2.40. The Hall–Kier alpha value is -0.795. The lowest BCUT2D eigenvalue weighted by molar-refractivity contribution is 0.111. The molecule has 2 aliphatic heterocycles. The Bertz CT molecular complexity index is 377. The smallest absolute Gasteiger partial charge is 0.380 e. The molecular formula is C16H26BNO.